The quantitative estimate of drug-likeness (QED) is 0.0738. The molecular formula is C28H34N4O8. The number of imide groups is 1. The second kappa shape index (κ2) is 15.3. The summed E-state index contributed by atoms with van der Waals surface area (Å²) in [6.07, 6.45) is 8.87. The molecule has 0 spiro atoms. The van der Waals surface area contributed by atoms with Crippen LogP contribution < -0.4 is 9.30 Å². The van der Waals surface area contributed by atoms with Crippen molar-refractivity contribution >= 4 is 39.9 Å². The Morgan fingerprint density at radius 2 is 1.48 bits per heavy atom. The third-order valence-electron chi connectivity index (χ3n) is 6.60. The predicted molar refractivity (Wildman–Crippen MR) is 145 cm³/mol. The maximum atomic E-state index is 11.8. The summed E-state index contributed by atoms with van der Waals surface area (Å²) in [6.45, 7) is 0.927. The molecule has 0 aliphatic carbocycles. The van der Waals surface area contributed by atoms with Crippen LogP contribution in [0.25, 0.3) is 22.1 Å². The van der Waals surface area contributed by atoms with Crippen LogP contribution in [0.5, 0.6) is 5.75 Å². The Kier molecular flexibility index (Phi) is 11.5. The molecule has 0 saturated carbocycles. The van der Waals surface area contributed by atoms with Crippen molar-refractivity contribution < 1.29 is 33.6 Å². The second-order valence-electron chi connectivity index (χ2n) is 9.43. The van der Waals surface area contributed by atoms with Gasteiger partial charge in [0.2, 0.25) is 11.0 Å². The normalized spacial score (nSPS) is 12.9. The Morgan fingerprint density at radius 3 is 2.12 bits per heavy atom. The number of nitrogens with zero attached hydrogens (tertiary/aromatic N) is 4. The number of para-hydroxylation sites is 3. The van der Waals surface area contributed by atoms with E-state index in [1.54, 1.807) is 7.11 Å². The fraction of sp³-hybridized carbons (Fsp3) is 0.464. The molecule has 40 heavy (non-hydrogen) atoms. The van der Waals surface area contributed by atoms with Crippen molar-refractivity contribution in [2.24, 2.45) is 0 Å². The highest BCUT2D eigenvalue weighted by atomic mass is 16.9. The van der Waals surface area contributed by atoms with E-state index in [4.69, 9.17) is 29.9 Å². The summed E-state index contributed by atoms with van der Waals surface area (Å²) < 4.78 is 7.90. The lowest BCUT2D eigenvalue weighted by molar-refractivity contribution is -0.646. The molecule has 0 radical (unpaired) electrons. The van der Waals surface area contributed by atoms with Gasteiger partial charge in [-0.05, 0) is 25.0 Å². The highest BCUT2D eigenvalue weighted by Gasteiger charge is 2.32. The highest BCUT2D eigenvalue weighted by molar-refractivity contribution is 6.01. The van der Waals surface area contributed by atoms with Crippen LogP contribution in [0.3, 0.4) is 0 Å². The number of fused-ring (bicyclic) bond motifs is 2. The Bertz CT molecular complexity index is 1330. The minimum Gasteiger partial charge on any atom is -0.494 e. The number of carbonyl (C=O) groups is 3. The van der Waals surface area contributed by atoms with Gasteiger partial charge in [-0.15, -0.1) is 5.06 Å². The summed E-state index contributed by atoms with van der Waals surface area (Å²) in [7, 11) is 1.68. The molecule has 1 aliphatic rings. The van der Waals surface area contributed by atoms with Gasteiger partial charge in [-0.3, -0.25) is 9.59 Å². The summed E-state index contributed by atoms with van der Waals surface area (Å²) in [4.78, 5) is 52.8. The Balaban J connectivity index is 0.00000103. The number of methoxy groups -OCH3 is 1. The SMILES string of the molecule is COc1cccc2c1nc1ccccc1[n+]2CCCCCCCCCCC(=O)ON1C(=O)CCC1=O.O=[N+]([O-])[O-]. The molecule has 2 heterocycles. The molecule has 12 nitrogen and oxygen atoms in total. The topological polar surface area (TPSA) is 156 Å². The van der Waals surface area contributed by atoms with Crippen LogP contribution in [-0.4, -0.2) is 40.0 Å². The fourth-order valence-corrected chi connectivity index (χ4v) is 4.69. The van der Waals surface area contributed by atoms with Gasteiger partial charge >= 0.3 is 5.97 Å². The van der Waals surface area contributed by atoms with E-state index in [0.29, 0.717) is 11.5 Å². The molecule has 0 atom stereocenters. The van der Waals surface area contributed by atoms with Gasteiger partial charge in [0.15, 0.2) is 11.3 Å². The molecule has 12 heteroatoms. The molecule has 214 valence electrons. The van der Waals surface area contributed by atoms with Crippen molar-refractivity contribution in [1.29, 1.82) is 0 Å². The maximum Gasteiger partial charge on any atom is 0.333 e. The number of hydroxylamine groups is 2. The van der Waals surface area contributed by atoms with Gasteiger partial charge < -0.3 is 24.9 Å². The number of hydrogen-bond donors (Lipinski definition) is 0. The van der Waals surface area contributed by atoms with E-state index in [9.17, 15) is 14.4 Å². The zero-order valence-corrected chi connectivity index (χ0v) is 22.6. The van der Waals surface area contributed by atoms with Crippen LogP contribution >= 0.6 is 0 Å². The van der Waals surface area contributed by atoms with E-state index in [1.165, 1.54) is 6.42 Å². The van der Waals surface area contributed by atoms with Crippen LogP contribution in [0.4, 0.5) is 0 Å². The fourth-order valence-electron chi connectivity index (χ4n) is 4.69. The molecule has 1 fully saturated rings. The molecule has 0 N–H and O–H groups in total. The standard InChI is InChI=1S/C28H34N3O5.NO3/c1-35-24-16-12-15-23-28(24)29-21-13-9-10-14-22(21)30(23)20-11-7-5-3-2-4-6-8-17-27(34)36-31-25(32)18-19-26(31)33;2-1(3)4/h9-10,12-16H,2-8,11,17-20H2,1H3;/q+1;-1. The third kappa shape index (κ3) is 8.58. The summed E-state index contributed by atoms with van der Waals surface area (Å²) >= 11 is 0. The number of benzene rings is 2. The lowest BCUT2D eigenvalue weighted by Gasteiger charge is -2.12. The average Bonchev–Trinajstić information content (AvgIpc) is 3.24. The van der Waals surface area contributed by atoms with Gasteiger partial charge in [-0.1, -0.05) is 50.3 Å². The summed E-state index contributed by atoms with van der Waals surface area (Å²) in [5.74, 6) is -0.586. The largest absolute Gasteiger partial charge is 0.494 e. The molecule has 0 unspecified atom stereocenters. The molecular weight excluding hydrogens is 520 g/mol. The lowest BCUT2D eigenvalue weighted by atomic mass is 10.1. The van der Waals surface area contributed by atoms with E-state index in [0.717, 1.165) is 72.9 Å². The first-order valence-electron chi connectivity index (χ1n) is 13.4. The average molecular weight is 555 g/mol. The van der Waals surface area contributed by atoms with Crippen LogP contribution in [0.15, 0.2) is 42.5 Å². The zero-order chi connectivity index (χ0) is 28.9. The first-order chi connectivity index (χ1) is 19.3. The van der Waals surface area contributed by atoms with E-state index in [1.807, 2.05) is 24.3 Å². The molecule has 4 rings (SSSR count). The van der Waals surface area contributed by atoms with Gasteiger partial charge in [0.1, 0.15) is 12.1 Å². The number of hydrogen-bond acceptors (Lipinski definition) is 9. The van der Waals surface area contributed by atoms with Gasteiger partial charge in [0.05, 0.1) is 12.2 Å². The predicted octanol–water partition coefficient (Wildman–Crippen LogP) is 4.56. The second-order valence-corrected chi connectivity index (χ2v) is 9.43. The molecule has 2 aromatic carbocycles. The molecule has 1 aromatic heterocycles. The third-order valence-corrected chi connectivity index (χ3v) is 6.60. The van der Waals surface area contributed by atoms with Crippen molar-refractivity contribution in [2.75, 3.05) is 7.11 Å². The van der Waals surface area contributed by atoms with Crippen molar-refractivity contribution in [3.63, 3.8) is 0 Å². The minimum absolute atomic E-state index is 0.120. The van der Waals surface area contributed by atoms with E-state index < -0.39 is 22.9 Å². The first-order valence-corrected chi connectivity index (χ1v) is 13.4. The number of aromatic nitrogens is 2. The van der Waals surface area contributed by atoms with Gasteiger partial charge in [-0.25, -0.2) is 9.78 Å². The van der Waals surface area contributed by atoms with Gasteiger partial charge in [0, 0.05) is 37.8 Å². The van der Waals surface area contributed by atoms with Crippen molar-refractivity contribution in [3.05, 3.63) is 57.8 Å². The molecule has 1 aliphatic heterocycles. The number of rotatable bonds is 13. The van der Waals surface area contributed by atoms with E-state index in [-0.39, 0.29) is 19.3 Å². The number of aryl methyl sites for hydroxylation is 1. The molecule has 2 amide bonds. The molecule has 3 aromatic rings. The monoisotopic (exact) mass is 554 g/mol. The summed E-state index contributed by atoms with van der Waals surface area (Å²) in [5, 5.41) is 15.4. The van der Waals surface area contributed by atoms with Crippen molar-refractivity contribution in [2.45, 2.75) is 77.2 Å². The molecule has 1 saturated heterocycles. The van der Waals surface area contributed by atoms with Gasteiger partial charge in [0.25, 0.3) is 11.8 Å². The Labute approximate surface area is 231 Å². The zero-order valence-electron chi connectivity index (χ0n) is 22.6. The van der Waals surface area contributed by atoms with Crippen LogP contribution in [-0.2, 0) is 25.8 Å². The number of carbonyl (C=O) groups excluding carboxylic acids is 3. The van der Waals surface area contributed by atoms with Crippen molar-refractivity contribution in [3.8, 4) is 5.75 Å². The summed E-state index contributed by atoms with van der Waals surface area (Å²) in [5.41, 5.74) is 4.08. The van der Waals surface area contributed by atoms with Crippen molar-refractivity contribution in [1.82, 2.24) is 10.0 Å². The van der Waals surface area contributed by atoms with Crippen LogP contribution in [0, 0.1) is 15.3 Å². The van der Waals surface area contributed by atoms with Crippen LogP contribution in [0.2, 0.25) is 0 Å². The highest BCUT2D eigenvalue weighted by Crippen LogP contribution is 2.24. The Morgan fingerprint density at radius 1 is 0.900 bits per heavy atom. The summed E-state index contributed by atoms with van der Waals surface area (Å²) in [6, 6.07) is 14.3. The molecule has 0 bridgehead atoms. The number of amides is 2. The Hall–Kier alpha value is -4.35. The number of ether oxygens (including phenoxy) is 1. The maximum absolute atomic E-state index is 11.8. The lowest BCUT2D eigenvalue weighted by Crippen LogP contribution is -2.36. The van der Waals surface area contributed by atoms with E-state index in [2.05, 4.69) is 22.8 Å². The van der Waals surface area contributed by atoms with E-state index >= 15 is 0 Å². The first kappa shape index (κ1) is 30.2. The number of unbranched alkanes of at least 4 members (excludes halogenated alkanes) is 7. The van der Waals surface area contributed by atoms with Crippen LogP contribution in [0.1, 0.15) is 70.6 Å². The minimum atomic E-state index is -1.75. The smallest absolute Gasteiger partial charge is 0.333 e. The van der Waals surface area contributed by atoms with Gasteiger partial charge in [-0.2, -0.15) is 4.57 Å².